The Bertz CT molecular complexity index is 1260. The summed E-state index contributed by atoms with van der Waals surface area (Å²) in [5, 5.41) is 2.54. The van der Waals surface area contributed by atoms with Gasteiger partial charge in [-0.05, 0) is 44.2 Å². The van der Waals surface area contributed by atoms with Crippen molar-refractivity contribution in [3.8, 4) is 22.4 Å². The molecule has 0 amide bonds. The highest BCUT2D eigenvalue weighted by molar-refractivity contribution is 6.04. The van der Waals surface area contributed by atoms with Crippen LogP contribution in [0.3, 0.4) is 0 Å². The average molecular weight is 339 g/mol. The fraction of sp³-hybridized carbons (Fsp3) is 0.130. The van der Waals surface area contributed by atoms with E-state index >= 15 is 0 Å². The van der Waals surface area contributed by atoms with Crippen LogP contribution in [0.4, 0.5) is 0 Å². The Balaban J connectivity index is 1.80. The molecule has 3 aromatic heterocycles. The van der Waals surface area contributed by atoms with Gasteiger partial charge in [0.1, 0.15) is 0 Å². The maximum absolute atomic E-state index is 3.43. The van der Waals surface area contributed by atoms with Crippen molar-refractivity contribution in [3.05, 3.63) is 72.2 Å². The van der Waals surface area contributed by atoms with E-state index in [0.29, 0.717) is 0 Å². The number of hydrogen-bond acceptors (Lipinski definition) is 0. The van der Waals surface area contributed by atoms with Crippen LogP contribution in [-0.4, -0.2) is 14.5 Å². The van der Waals surface area contributed by atoms with E-state index in [1.807, 2.05) is 0 Å². The smallest absolute Gasteiger partial charge is 0.0579 e. The molecule has 0 bridgehead atoms. The van der Waals surface area contributed by atoms with Gasteiger partial charge in [0.25, 0.3) is 0 Å². The van der Waals surface area contributed by atoms with Gasteiger partial charge in [0.05, 0.1) is 5.69 Å². The van der Waals surface area contributed by atoms with Crippen LogP contribution < -0.4 is 0 Å². The number of H-pyrrole nitrogens is 2. The van der Waals surface area contributed by atoms with Crippen molar-refractivity contribution in [1.29, 1.82) is 0 Å². The Morgan fingerprint density at radius 2 is 1.27 bits per heavy atom. The van der Waals surface area contributed by atoms with Crippen molar-refractivity contribution in [3.63, 3.8) is 0 Å². The van der Waals surface area contributed by atoms with Crippen LogP contribution >= 0.6 is 0 Å². The lowest BCUT2D eigenvalue weighted by Crippen LogP contribution is -1.91. The minimum absolute atomic E-state index is 1.17. The third kappa shape index (κ3) is 2.14. The third-order valence-corrected chi connectivity index (χ3v) is 5.29. The molecule has 5 rings (SSSR count). The Hall–Kier alpha value is -3.20. The lowest BCUT2D eigenvalue weighted by atomic mass is 9.99. The van der Waals surface area contributed by atoms with Gasteiger partial charge in [-0.1, -0.05) is 23.3 Å². The number of hydrogen-bond donors (Lipinski definition) is 2. The fourth-order valence-electron chi connectivity index (χ4n) is 3.97. The number of aromatic nitrogens is 3. The van der Waals surface area contributed by atoms with Crippen LogP contribution in [0.5, 0.6) is 0 Å². The predicted molar refractivity (Wildman–Crippen MR) is 109 cm³/mol. The van der Waals surface area contributed by atoms with E-state index in [-0.39, 0.29) is 0 Å². The molecule has 0 spiro atoms. The van der Waals surface area contributed by atoms with Gasteiger partial charge < -0.3 is 14.5 Å². The molecule has 0 aliphatic heterocycles. The summed E-state index contributed by atoms with van der Waals surface area (Å²) in [5.41, 5.74) is 9.89. The molecule has 0 unspecified atom stereocenters. The Kier molecular flexibility index (Phi) is 3.13. The highest BCUT2D eigenvalue weighted by Crippen LogP contribution is 2.39. The summed E-state index contributed by atoms with van der Waals surface area (Å²) in [6.45, 7) is 4.29. The summed E-state index contributed by atoms with van der Waals surface area (Å²) in [6.07, 6.45) is 6.40. The van der Waals surface area contributed by atoms with Crippen molar-refractivity contribution >= 4 is 21.8 Å². The molecule has 0 aliphatic rings. The second-order valence-corrected chi connectivity index (χ2v) is 7.19. The van der Waals surface area contributed by atoms with E-state index in [9.17, 15) is 0 Å². The molecule has 0 fully saturated rings. The van der Waals surface area contributed by atoms with Gasteiger partial charge in [-0.3, -0.25) is 0 Å². The summed E-state index contributed by atoms with van der Waals surface area (Å²) < 4.78 is 2.22. The lowest BCUT2D eigenvalue weighted by molar-refractivity contribution is 0.938. The van der Waals surface area contributed by atoms with Gasteiger partial charge in [0.2, 0.25) is 0 Å². The van der Waals surface area contributed by atoms with Gasteiger partial charge in [-0.15, -0.1) is 0 Å². The molecule has 2 aromatic carbocycles. The van der Waals surface area contributed by atoms with Gasteiger partial charge in [-0.25, -0.2) is 0 Å². The third-order valence-electron chi connectivity index (χ3n) is 5.29. The number of nitrogens with zero attached hydrogens (tertiary/aromatic N) is 1. The van der Waals surface area contributed by atoms with E-state index in [1.54, 1.807) is 0 Å². The molecule has 0 radical (unpaired) electrons. The number of aromatic amines is 2. The molecule has 2 N–H and O–H groups in total. The first-order valence-electron chi connectivity index (χ1n) is 8.93. The van der Waals surface area contributed by atoms with Crippen molar-refractivity contribution in [2.45, 2.75) is 13.8 Å². The number of benzene rings is 2. The molecule has 26 heavy (non-hydrogen) atoms. The summed E-state index contributed by atoms with van der Waals surface area (Å²) >= 11 is 0. The van der Waals surface area contributed by atoms with E-state index in [0.717, 1.165) is 0 Å². The molecule has 3 heterocycles. The maximum Gasteiger partial charge on any atom is 0.0579 e. The molecule has 3 heteroatoms. The number of rotatable bonds is 2. The molecular weight excluding hydrogens is 318 g/mol. The highest BCUT2D eigenvalue weighted by atomic mass is 14.9. The molecule has 0 atom stereocenters. The predicted octanol–water partition coefficient (Wildman–Crippen LogP) is 5.94. The molecule has 0 saturated carbocycles. The zero-order valence-electron chi connectivity index (χ0n) is 15.2. The molecule has 128 valence electrons. The van der Waals surface area contributed by atoms with Crippen LogP contribution in [-0.2, 0) is 7.05 Å². The standard InChI is InChI=1S/C23H21N3/c1-14-4-6-21-17(10-14)19(12-24-21)16-8-9-26(3)23(16)20-13-25-22-7-5-15(2)11-18(20)22/h4-13,24-25H,1-3H3. The Morgan fingerprint density at radius 1 is 0.692 bits per heavy atom. The second-order valence-electron chi connectivity index (χ2n) is 7.19. The summed E-state index contributed by atoms with van der Waals surface area (Å²) in [7, 11) is 2.12. The van der Waals surface area contributed by atoms with Crippen LogP contribution in [0, 0.1) is 13.8 Å². The van der Waals surface area contributed by atoms with Crippen LogP contribution in [0.25, 0.3) is 44.2 Å². The Morgan fingerprint density at radius 3 is 1.92 bits per heavy atom. The van der Waals surface area contributed by atoms with E-state index in [1.165, 1.54) is 55.3 Å². The normalized spacial score (nSPS) is 11.7. The van der Waals surface area contributed by atoms with Crippen LogP contribution in [0.1, 0.15) is 11.1 Å². The molecule has 3 nitrogen and oxygen atoms in total. The average Bonchev–Trinajstić information content (AvgIpc) is 3.31. The van der Waals surface area contributed by atoms with Gasteiger partial charge in [-0.2, -0.15) is 0 Å². The summed E-state index contributed by atoms with van der Waals surface area (Å²) in [5.74, 6) is 0. The highest BCUT2D eigenvalue weighted by Gasteiger charge is 2.17. The van der Waals surface area contributed by atoms with E-state index in [4.69, 9.17) is 0 Å². The first kappa shape index (κ1) is 15.1. The van der Waals surface area contributed by atoms with Gasteiger partial charge in [0, 0.05) is 64.1 Å². The summed E-state index contributed by atoms with van der Waals surface area (Å²) in [4.78, 5) is 6.85. The monoisotopic (exact) mass is 339 g/mol. The zero-order chi connectivity index (χ0) is 17.8. The Labute approximate surface area is 152 Å². The topological polar surface area (TPSA) is 36.5 Å². The zero-order valence-corrected chi connectivity index (χ0v) is 15.2. The molecular formula is C23H21N3. The largest absolute Gasteiger partial charge is 0.361 e. The van der Waals surface area contributed by atoms with E-state index < -0.39 is 0 Å². The van der Waals surface area contributed by atoms with Crippen molar-refractivity contribution in [1.82, 2.24) is 14.5 Å². The SMILES string of the molecule is Cc1ccc2[nH]cc(-c3ccn(C)c3-c3c[nH]c4ccc(C)cc34)c2c1. The van der Waals surface area contributed by atoms with Crippen LogP contribution in [0.15, 0.2) is 61.1 Å². The maximum atomic E-state index is 3.43. The molecule has 0 saturated heterocycles. The minimum atomic E-state index is 1.17. The van der Waals surface area contributed by atoms with E-state index in [2.05, 4.69) is 96.5 Å². The first-order valence-corrected chi connectivity index (χ1v) is 8.93. The number of aryl methyl sites for hydroxylation is 3. The van der Waals surface area contributed by atoms with Crippen molar-refractivity contribution < 1.29 is 0 Å². The van der Waals surface area contributed by atoms with Crippen LogP contribution in [0.2, 0.25) is 0 Å². The minimum Gasteiger partial charge on any atom is -0.361 e. The first-order chi connectivity index (χ1) is 12.6. The number of nitrogens with one attached hydrogen (secondary N) is 2. The molecule has 0 aliphatic carbocycles. The molecule has 5 aromatic rings. The second kappa shape index (κ2) is 5.40. The number of fused-ring (bicyclic) bond motifs is 2. The van der Waals surface area contributed by atoms with Crippen molar-refractivity contribution in [2.24, 2.45) is 7.05 Å². The summed E-state index contributed by atoms with van der Waals surface area (Å²) in [6, 6.07) is 15.4. The fourth-order valence-corrected chi connectivity index (χ4v) is 3.97. The van der Waals surface area contributed by atoms with Crippen molar-refractivity contribution in [2.75, 3.05) is 0 Å². The quantitative estimate of drug-likeness (QED) is 0.399. The lowest BCUT2D eigenvalue weighted by Gasteiger charge is -2.08. The van der Waals surface area contributed by atoms with Gasteiger partial charge in [0.15, 0.2) is 0 Å². The van der Waals surface area contributed by atoms with Gasteiger partial charge >= 0.3 is 0 Å².